The highest BCUT2D eigenvalue weighted by Crippen LogP contribution is 2.15. The Labute approximate surface area is 155 Å². The van der Waals surface area contributed by atoms with Crippen molar-refractivity contribution < 1.29 is 14.0 Å². The van der Waals surface area contributed by atoms with Gasteiger partial charge in [-0.25, -0.2) is 9.67 Å². The van der Waals surface area contributed by atoms with Crippen LogP contribution in [0.5, 0.6) is 0 Å². The second-order valence-corrected chi connectivity index (χ2v) is 6.40. The standard InChI is InChI=1S/C19H19N5O3/c25-18(14-3-5-16(6-4-14)24-13-20-12-21-24)22-15-7-9-23(10-8-15)19(26)17-2-1-11-27-17/h1-6,11-13,15H,7-10H2,(H,22,25). The SMILES string of the molecule is O=C(NC1CCN(C(=O)c2ccco2)CC1)c1ccc(-n2cncn2)cc1. The lowest BCUT2D eigenvalue weighted by Gasteiger charge is -2.31. The van der Waals surface area contributed by atoms with Gasteiger partial charge in [0.25, 0.3) is 11.8 Å². The van der Waals surface area contributed by atoms with Crippen LogP contribution >= 0.6 is 0 Å². The monoisotopic (exact) mass is 365 g/mol. The summed E-state index contributed by atoms with van der Waals surface area (Å²) in [4.78, 5) is 30.4. The largest absolute Gasteiger partial charge is 0.459 e. The van der Waals surface area contributed by atoms with E-state index in [1.807, 2.05) is 12.1 Å². The highest BCUT2D eigenvalue weighted by molar-refractivity contribution is 5.94. The molecule has 4 rings (SSSR count). The molecule has 138 valence electrons. The third-order valence-electron chi connectivity index (χ3n) is 4.66. The van der Waals surface area contributed by atoms with Crippen molar-refractivity contribution in [3.05, 3.63) is 66.6 Å². The van der Waals surface area contributed by atoms with Gasteiger partial charge in [0, 0.05) is 24.7 Å². The summed E-state index contributed by atoms with van der Waals surface area (Å²) in [6.07, 6.45) is 6.00. The van der Waals surface area contributed by atoms with E-state index < -0.39 is 0 Å². The van der Waals surface area contributed by atoms with Crippen LogP contribution in [0.4, 0.5) is 0 Å². The molecule has 2 amide bonds. The Morgan fingerprint density at radius 2 is 1.89 bits per heavy atom. The molecule has 0 aliphatic carbocycles. The molecule has 0 bridgehead atoms. The molecule has 0 unspecified atom stereocenters. The molecule has 0 radical (unpaired) electrons. The average Bonchev–Trinajstić information content (AvgIpc) is 3.42. The van der Waals surface area contributed by atoms with Crippen LogP contribution in [0.25, 0.3) is 5.69 Å². The third kappa shape index (κ3) is 3.74. The fourth-order valence-electron chi connectivity index (χ4n) is 3.16. The van der Waals surface area contributed by atoms with Gasteiger partial charge in [0.05, 0.1) is 12.0 Å². The lowest BCUT2D eigenvalue weighted by atomic mass is 10.0. The third-order valence-corrected chi connectivity index (χ3v) is 4.66. The van der Waals surface area contributed by atoms with Crippen molar-refractivity contribution >= 4 is 11.8 Å². The molecular formula is C19H19N5O3. The van der Waals surface area contributed by atoms with Crippen molar-refractivity contribution in [1.82, 2.24) is 25.0 Å². The first-order valence-electron chi connectivity index (χ1n) is 8.79. The fraction of sp³-hybridized carbons (Fsp3) is 0.263. The molecule has 1 aromatic carbocycles. The summed E-state index contributed by atoms with van der Waals surface area (Å²) in [6, 6.07) is 10.6. The Kier molecular flexibility index (Phi) is 4.69. The maximum absolute atomic E-state index is 12.5. The van der Waals surface area contributed by atoms with Crippen LogP contribution in [0.1, 0.15) is 33.8 Å². The number of nitrogens with zero attached hydrogens (tertiary/aromatic N) is 4. The van der Waals surface area contributed by atoms with Gasteiger partial charge in [-0.2, -0.15) is 5.10 Å². The molecule has 3 heterocycles. The summed E-state index contributed by atoms with van der Waals surface area (Å²) in [5, 5.41) is 7.11. The van der Waals surface area contributed by atoms with E-state index in [0.717, 1.165) is 18.5 Å². The Bertz CT molecular complexity index is 895. The van der Waals surface area contributed by atoms with Crippen LogP contribution < -0.4 is 5.32 Å². The number of carbonyl (C=O) groups excluding carboxylic acids is 2. The van der Waals surface area contributed by atoms with Gasteiger partial charge in [-0.15, -0.1) is 0 Å². The van der Waals surface area contributed by atoms with Gasteiger partial charge in [0.1, 0.15) is 12.7 Å². The molecule has 8 nitrogen and oxygen atoms in total. The zero-order chi connectivity index (χ0) is 18.6. The molecule has 27 heavy (non-hydrogen) atoms. The molecular weight excluding hydrogens is 346 g/mol. The molecule has 3 aromatic rings. The minimum atomic E-state index is -0.115. The predicted octanol–water partition coefficient (Wildman–Crippen LogP) is 1.89. The Morgan fingerprint density at radius 3 is 2.52 bits per heavy atom. The highest BCUT2D eigenvalue weighted by Gasteiger charge is 2.26. The van der Waals surface area contributed by atoms with Gasteiger partial charge < -0.3 is 14.6 Å². The van der Waals surface area contributed by atoms with Crippen LogP contribution in [0.15, 0.2) is 59.7 Å². The second kappa shape index (κ2) is 7.45. The van der Waals surface area contributed by atoms with Gasteiger partial charge in [-0.1, -0.05) is 0 Å². The van der Waals surface area contributed by atoms with Crippen molar-refractivity contribution in [2.75, 3.05) is 13.1 Å². The Balaban J connectivity index is 1.31. The number of benzene rings is 1. The second-order valence-electron chi connectivity index (χ2n) is 6.40. The number of furan rings is 1. The van der Waals surface area contributed by atoms with Gasteiger partial charge in [0.15, 0.2) is 5.76 Å². The minimum Gasteiger partial charge on any atom is -0.459 e. The van der Waals surface area contributed by atoms with E-state index in [1.54, 1.807) is 40.2 Å². The van der Waals surface area contributed by atoms with E-state index in [4.69, 9.17) is 4.42 Å². The summed E-state index contributed by atoms with van der Waals surface area (Å²) < 4.78 is 6.80. The number of rotatable bonds is 4. The number of likely N-dealkylation sites (tertiary alicyclic amines) is 1. The number of hydrogen-bond acceptors (Lipinski definition) is 5. The first-order valence-corrected chi connectivity index (χ1v) is 8.79. The number of hydrogen-bond donors (Lipinski definition) is 1. The molecule has 0 spiro atoms. The smallest absolute Gasteiger partial charge is 0.289 e. The van der Waals surface area contributed by atoms with E-state index in [9.17, 15) is 9.59 Å². The Morgan fingerprint density at radius 1 is 1.11 bits per heavy atom. The van der Waals surface area contributed by atoms with Crippen LogP contribution in [-0.2, 0) is 0 Å². The first-order chi connectivity index (χ1) is 13.2. The predicted molar refractivity (Wildman–Crippen MR) is 96.5 cm³/mol. The maximum Gasteiger partial charge on any atom is 0.289 e. The summed E-state index contributed by atoms with van der Waals surface area (Å²) in [6.45, 7) is 1.19. The number of amides is 2. The molecule has 0 saturated carbocycles. The van der Waals surface area contributed by atoms with Gasteiger partial charge in [0.2, 0.25) is 0 Å². The zero-order valence-corrected chi connectivity index (χ0v) is 14.6. The quantitative estimate of drug-likeness (QED) is 0.762. The fourth-order valence-corrected chi connectivity index (χ4v) is 3.16. The number of piperidine rings is 1. The number of nitrogens with one attached hydrogen (secondary N) is 1. The highest BCUT2D eigenvalue weighted by atomic mass is 16.3. The van der Waals surface area contributed by atoms with Crippen molar-refractivity contribution in [1.29, 1.82) is 0 Å². The van der Waals surface area contributed by atoms with Crippen LogP contribution in [0, 0.1) is 0 Å². The topological polar surface area (TPSA) is 93.3 Å². The van der Waals surface area contributed by atoms with E-state index in [2.05, 4.69) is 15.4 Å². The van der Waals surface area contributed by atoms with E-state index in [1.165, 1.54) is 12.6 Å². The normalized spacial score (nSPS) is 14.9. The number of aromatic nitrogens is 3. The summed E-state index contributed by atoms with van der Waals surface area (Å²) in [5.41, 5.74) is 1.43. The molecule has 1 N–H and O–H groups in total. The van der Waals surface area contributed by atoms with Crippen LogP contribution in [0.3, 0.4) is 0 Å². The number of carbonyl (C=O) groups is 2. The van der Waals surface area contributed by atoms with E-state index in [-0.39, 0.29) is 17.9 Å². The van der Waals surface area contributed by atoms with Gasteiger partial charge >= 0.3 is 0 Å². The molecule has 1 aliphatic heterocycles. The molecule has 8 heteroatoms. The molecule has 2 aromatic heterocycles. The van der Waals surface area contributed by atoms with Crippen molar-refractivity contribution in [2.45, 2.75) is 18.9 Å². The van der Waals surface area contributed by atoms with Crippen LogP contribution in [0.2, 0.25) is 0 Å². The summed E-state index contributed by atoms with van der Waals surface area (Å²) in [5.74, 6) is 0.134. The molecule has 0 atom stereocenters. The first kappa shape index (κ1) is 17.0. The van der Waals surface area contributed by atoms with E-state index >= 15 is 0 Å². The van der Waals surface area contributed by atoms with Crippen LogP contribution in [-0.4, -0.2) is 50.6 Å². The van der Waals surface area contributed by atoms with E-state index in [0.29, 0.717) is 24.4 Å². The van der Waals surface area contributed by atoms with Crippen molar-refractivity contribution in [2.24, 2.45) is 0 Å². The minimum absolute atomic E-state index is 0.0492. The maximum atomic E-state index is 12.5. The molecule has 1 fully saturated rings. The summed E-state index contributed by atoms with van der Waals surface area (Å²) in [7, 11) is 0. The zero-order valence-electron chi connectivity index (χ0n) is 14.6. The Hall–Kier alpha value is -3.42. The van der Waals surface area contributed by atoms with Crippen molar-refractivity contribution in [3.63, 3.8) is 0 Å². The summed E-state index contributed by atoms with van der Waals surface area (Å²) >= 11 is 0. The average molecular weight is 365 g/mol. The molecule has 1 saturated heterocycles. The van der Waals surface area contributed by atoms with Gasteiger partial charge in [-0.3, -0.25) is 9.59 Å². The molecule has 1 aliphatic rings. The van der Waals surface area contributed by atoms with Crippen molar-refractivity contribution in [3.8, 4) is 5.69 Å². The lowest BCUT2D eigenvalue weighted by Crippen LogP contribution is -2.46. The lowest BCUT2D eigenvalue weighted by molar-refractivity contribution is 0.0667. The van der Waals surface area contributed by atoms with Gasteiger partial charge in [-0.05, 0) is 49.2 Å².